The fourth-order valence-corrected chi connectivity index (χ4v) is 6.39. The van der Waals surface area contributed by atoms with E-state index in [1.807, 2.05) is 0 Å². The van der Waals surface area contributed by atoms with E-state index in [2.05, 4.69) is 17.2 Å². The van der Waals surface area contributed by atoms with Crippen LogP contribution in [-0.2, 0) is 22.9 Å². The van der Waals surface area contributed by atoms with Gasteiger partial charge < -0.3 is 0 Å². The molecule has 0 saturated carbocycles. The number of benzene rings is 2. The first kappa shape index (κ1) is 21.8. The van der Waals surface area contributed by atoms with Crippen molar-refractivity contribution in [2.24, 2.45) is 5.92 Å². The standard InChI is InChI=1S/C22H22ClN3O3S2/c1-14-8-11-18-19(12-14)30-22(24-18)25-21(27)15-9-10-17(23)20(13-15)31(28,29)26(2)16-6-4-3-5-7-16/h3-7,9-10,13-14H,8,11-12H2,1-2H3,(H,24,25,27). The number of para-hydroxylation sites is 1. The van der Waals surface area contributed by atoms with Gasteiger partial charge in [0.1, 0.15) is 4.90 Å². The Morgan fingerprint density at radius 1 is 1.23 bits per heavy atom. The molecule has 1 aliphatic rings. The van der Waals surface area contributed by atoms with E-state index in [9.17, 15) is 13.2 Å². The molecule has 6 nitrogen and oxygen atoms in total. The number of aryl methyl sites for hydroxylation is 1. The molecule has 0 aliphatic heterocycles. The second-order valence-corrected chi connectivity index (χ2v) is 11.1. The molecule has 0 fully saturated rings. The van der Waals surface area contributed by atoms with E-state index in [1.165, 1.54) is 41.5 Å². The Bertz CT molecular complexity index is 1230. The van der Waals surface area contributed by atoms with Gasteiger partial charge in [-0.15, -0.1) is 11.3 Å². The normalized spacial score (nSPS) is 15.9. The van der Waals surface area contributed by atoms with Crippen LogP contribution in [0.25, 0.3) is 0 Å². The zero-order valence-electron chi connectivity index (χ0n) is 17.1. The minimum atomic E-state index is -3.95. The van der Waals surface area contributed by atoms with Crippen LogP contribution in [0.3, 0.4) is 0 Å². The van der Waals surface area contributed by atoms with Crippen LogP contribution >= 0.6 is 22.9 Å². The highest BCUT2D eigenvalue weighted by molar-refractivity contribution is 7.93. The number of carbonyl (C=O) groups is 1. The molecule has 3 aromatic rings. The Morgan fingerprint density at radius 2 is 1.97 bits per heavy atom. The number of aromatic nitrogens is 1. The maximum absolute atomic E-state index is 13.1. The summed E-state index contributed by atoms with van der Waals surface area (Å²) < 4.78 is 27.4. The van der Waals surface area contributed by atoms with Gasteiger partial charge in [-0.2, -0.15) is 0 Å². The maximum Gasteiger partial charge on any atom is 0.265 e. The fourth-order valence-electron chi connectivity index (χ4n) is 3.53. The monoisotopic (exact) mass is 475 g/mol. The van der Waals surface area contributed by atoms with Gasteiger partial charge in [0, 0.05) is 17.5 Å². The van der Waals surface area contributed by atoms with Crippen LogP contribution in [0.1, 0.15) is 34.3 Å². The average Bonchev–Trinajstić information content (AvgIpc) is 3.15. The number of hydrogen-bond donors (Lipinski definition) is 1. The van der Waals surface area contributed by atoms with Crippen molar-refractivity contribution in [2.45, 2.75) is 31.1 Å². The number of thiazole rings is 1. The Balaban J connectivity index is 1.59. The predicted octanol–water partition coefficient (Wildman–Crippen LogP) is 5.00. The summed E-state index contributed by atoms with van der Waals surface area (Å²) in [6.07, 6.45) is 2.98. The number of carbonyl (C=O) groups excluding carboxylic acids is 1. The van der Waals surface area contributed by atoms with Gasteiger partial charge in [-0.1, -0.05) is 36.7 Å². The van der Waals surface area contributed by atoms with Crippen molar-refractivity contribution >= 4 is 49.7 Å². The van der Waals surface area contributed by atoms with Crippen LogP contribution in [0, 0.1) is 5.92 Å². The van der Waals surface area contributed by atoms with Crippen LogP contribution in [0.2, 0.25) is 5.02 Å². The van der Waals surface area contributed by atoms with E-state index in [1.54, 1.807) is 30.3 Å². The zero-order valence-corrected chi connectivity index (χ0v) is 19.5. The number of nitrogens with one attached hydrogen (secondary N) is 1. The highest BCUT2D eigenvalue weighted by atomic mass is 35.5. The second kappa shape index (κ2) is 8.61. The van der Waals surface area contributed by atoms with Crippen molar-refractivity contribution in [1.82, 2.24) is 4.98 Å². The summed E-state index contributed by atoms with van der Waals surface area (Å²) in [5.74, 6) is 0.191. The van der Waals surface area contributed by atoms with Gasteiger partial charge >= 0.3 is 0 Å². The molecule has 1 amide bonds. The van der Waals surface area contributed by atoms with Gasteiger partial charge in [-0.25, -0.2) is 13.4 Å². The van der Waals surface area contributed by atoms with Gasteiger partial charge in [0.2, 0.25) is 0 Å². The first-order valence-corrected chi connectivity index (χ1v) is 12.5. The van der Waals surface area contributed by atoms with Crippen LogP contribution in [0.15, 0.2) is 53.4 Å². The van der Waals surface area contributed by atoms with Crippen LogP contribution in [0.4, 0.5) is 10.8 Å². The lowest BCUT2D eigenvalue weighted by atomic mass is 9.93. The number of hydrogen-bond acceptors (Lipinski definition) is 5. The number of anilines is 2. The molecule has 1 N–H and O–H groups in total. The molecule has 0 spiro atoms. The smallest absolute Gasteiger partial charge is 0.265 e. The minimum Gasteiger partial charge on any atom is -0.298 e. The van der Waals surface area contributed by atoms with E-state index in [4.69, 9.17) is 11.6 Å². The third kappa shape index (κ3) is 4.46. The third-order valence-electron chi connectivity index (χ3n) is 5.36. The maximum atomic E-state index is 13.1. The van der Waals surface area contributed by atoms with Gasteiger partial charge in [-0.05, 0) is 55.5 Å². The molecule has 31 heavy (non-hydrogen) atoms. The summed E-state index contributed by atoms with van der Waals surface area (Å²) in [5, 5.41) is 3.39. The summed E-state index contributed by atoms with van der Waals surface area (Å²) in [7, 11) is -2.50. The van der Waals surface area contributed by atoms with Crippen molar-refractivity contribution in [3.8, 4) is 0 Å². The lowest BCUT2D eigenvalue weighted by Crippen LogP contribution is -2.27. The summed E-state index contributed by atoms with van der Waals surface area (Å²) >= 11 is 7.69. The molecule has 1 heterocycles. The minimum absolute atomic E-state index is 0.0537. The second-order valence-electron chi connectivity index (χ2n) is 7.64. The van der Waals surface area contributed by atoms with E-state index < -0.39 is 15.9 Å². The summed E-state index contributed by atoms with van der Waals surface area (Å²) in [4.78, 5) is 18.4. The van der Waals surface area contributed by atoms with Crippen molar-refractivity contribution in [2.75, 3.05) is 16.7 Å². The lowest BCUT2D eigenvalue weighted by Gasteiger charge is -2.20. The molecule has 1 aromatic heterocycles. The molecular formula is C22H22ClN3O3S2. The van der Waals surface area contributed by atoms with Crippen LogP contribution in [0.5, 0.6) is 0 Å². The Hall–Kier alpha value is -2.42. The van der Waals surface area contributed by atoms with E-state index in [0.717, 1.165) is 29.3 Å². The topological polar surface area (TPSA) is 79.4 Å². The van der Waals surface area contributed by atoms with Gasteiger partial charge in [0.15, 0.2) is 5.13 Å². The first-order valence-electron chi connectivity index (χ1n) is 9.89. The number of sulfonamides is 1. The number of nitrogens with zero attached hydrogens (tertiary/aromatic N) is 2. The Kier molecular flexibility index (Phi) is 6.05. The Morgan fingerprint density at radius 3 is 2.71 bits per heavy atom. The number of fused-ring (bicyclic) bond motifs is 1. The van der Waals surface area contributed by atoms with E-state index in [0.29, 0.717) is 16.7 Å². The summed E-state index contributed by atoms with van der Waals surface area (Å²) in [6, 6.07) is 12.9. The quantitative estimate of drug-likeness (QED) is 0.563. The largest absolute Gasteiger partial charge is 0.298 e. The van der Waals surface area contributed by atoms with Gasteiger partial charge in [0.05, 0.1) is 16.4 Å². The molecule has 9 heteroatoms. The first-order chi connectivity index (χ1) is 14.8. The number of amides is 1. The number of halogens is 1. The predicted molar refractivity (Wildman–Crippen MR) is 125 cm³/mol. The molecule has 1 atom stereocenters. The Labute approximate surface area is 190 Å². The summed E-state index contributed by atoms with van der Waals surface area (Å²) in [5.41, 5.74) is 1.74. The highest BCUT2D eigenvalue weighted by Gasteiger charge is 2.26. The SMILES string of the molecule is CC1CCc2nc(NC(=O)c3ccc(Cl)c(S(=O)(=O)N(C)c4ccccc4)c3)sc2C1. The highest BCUT2D eigenvalue weighted by Crippen LogP contribution is 2.33. The number of rotatable bonds is 5. The molecule has 0 radical (unpaired) electrons. The van der Waals surface area contributed by atoms with Crippen LogP contribution in [-0.4, -0.2) is 26.4 Å². The third-order valence-corrected chi connectivity index (χ3v) is 8.66. The zero-order chi connectivity index (χ0) is 22.2. The molecule has 4 rings (SSSR count). The van der Waals surface area contributed by atoms with E-state index >= 15 is 0 Å². The molecule has 2 aromatic carbocycles. The lowest BCUT2D eigenvalue weighted by molar-refractivity contribution is 0.102. The molecular weight excluding hydrogens is 454 g/mol. The fraction of sp³-hybridized carbons (Fsp3) is 0.273. The molecule has 1 aliphatic carbocycles. The molecule has 0 saturated heterocycles. The van der Waals surface area contributed by atoms with Gasteiger partial charge in [0.25, 0.3) is 15.9 Å². The summed E-state index contributed by atoms with van der Waals surface area (Å²) in [6.45, 7) is 2.21. The average molecular weight is 476 g/mol. The molecule has 1 unspecified atom stereocenters. The van der Waals surface area contributed by atoms with Gasteiger partial charge in [-0.3, -0.25) is 14.4 Å². The van der Waals surface area contributed by atoms with Crippen molar-refractivity contribution in [3.63, 3.8) is 0 Å². The van der Waals surface area contributed by atoms with Crippen LogP contribution < -0.4 is 9.62 Å². The van der Waals surface area contributed by atoms with E-state index in [-0.39, 0.29) is 15.5 Å². The van der Waals surface area contributed by atoms with Crippen molar-refractivity contribution in [3.05, 3.63) is 69.7 Å². The van der Waals surface area contributed by atoms with Crippen molar-refractivity contribution < 1.29 is 13.2 Å². The van der Waals surface area contributed by atoms with Crippen molar-refractivity contribution in [1.29, 1.82) is 0 Å². The molecule has 162 valence electrons. The molecule has 0 bridgehead atoms.